The molecule has 2 aromatic heterocycles. The molecule has 0 bridgehead atoms. The number of hydrogen-bond donors (Lipinski definition) is 1. The van der Waals surface area contributed by atoms with Crippen molar-refractivity contribution in [1.29, 1.82) is 0 Å². The summed E-state index contributed by atoms with van der Waals surface area (Å²) in [4.78, 5) is 37.6. The molecule has 1 saturated heterocycles. The van der Waals surface area contributed by atoms with Gasteiger partial charge in [0.1, 0.15) is 6.04 Å². The minimum atomic E-state index is -4.78. The van der Waals surface area contributed by atoms with Crippen LogP contribution in [0.4, 0.5) is 18.3 Å². The summed E-state index contributed by atoms with van der Waals surface area (Å²) in [7, 11) is 3.58. The number of carbonyl (C=O) groups is 1. The van der Waals surface area contributed by atoms with Crippen molar-refractivity contribution < 1.29 is 18.0 Å². The fourth-order valence-electron chi connectivity index (χ4n) is 4.21. The minimum Gasteiger partial charge on any atom is -0.350 e. The van der Waals surface area contributed by atoms with Crippen LogP contribution in [-0.4, -0.2) is 58.6 Å². The number of aromatic nitrogens is 3. The van der Waals surface area contributed by atoms with Crippen LogP contribution in [0.25, 0.3) is 10.3 Å². The van der Waals surface area contributed by atoms with Gasteiger partial charge in [-0.25, -0.2) is 9.97 Å². The highest BCUT2D eigenvalue weighted by atomic mass is 32.1. The van der Waals surface area contributed by atoms with Crippen molar-refractivity contribution in [3.63, 3.8) is 0 Å². The fourth-order valence-corrected chi connectivity index (χ4v) is 5.18. The lowest BCUT2D eigenvalue weighted by Crippen LogP contribution is -2.43. The number of piperidine rings is 1. The third kappa shape index (κ3) is 5.70. The summed E-state index contributed by atoms with van der Waals surface area (Å²) in [5.41, 5.74) is 0.0257. The van der Waals surface area contributed by atoms with E-state index in [1.165, 1.54) is 0 Å². The van der Waals surface area contributed by atoms with Crippen molar-refractivity contribution in [3.8, 4) is 0 Å². The molecule has 1 fully saturated rings. The molecular weight excluding hydrogens is 493 g/mol. The van der Waals surface area contributed by atoms with Crippen LogP contribution in [0.1, 0.15) is 31.2 Å². The molecule has 0 saturated carbocycles. The molecule has 4 rings (SSSR count). The van der Waals surface area contributed by atoms with E-state index >= 15 is 0 Å². The monoisotopic (exact) mass is 522 g/mol. The molecule has 8 nitrogen and oxygen atoms in total. The molecule has 1 aromatic carbocycles. The van der Waals surface area contributed by atoms with Crippen LogP contribution in [0.2, 0.25) is 0 Å². The molecule has 1 N–H and O–H groups in total. The standard InChI is InChI=1S/C24H29F3N6O2S/c1-15(19(34)28-13-16-7-5-4-6-8-16)32(3)23-29-18-20(36-23)30-22(24(25,26)27)33(21(18)35)14-17-9-11-31(2)12-10-17/h4-8,15,17H,9-14H2,1-3H3,(H,28,34)/t15-/m1/s1. The Hall–Kier alpha value is -2.99. The first-order valence-corrected chi connectivity index (χ1v) is 12.6. The third-order valence-electron chi connectivity index (χ3n) is 6.61. The number of carbonyl (C=O) groups excluding carboxylic acids is 1. The molecule has 1 atom stereocenters. The summed E-state index contributed by atoms with van der Waals surface area (Å²) in [6, 6.07) is 8.75. The van der Waals surface area contributed by atoms with Gasteiger partial charge in [-0.3, -0.25) is 14.2 Å². The fraction of sp³-hybridized carbons (Fsp3) is 0.500. The van der Waals surface area contributed by atoms with Gasteiger partial charge in [-0.05, 0) is 51.4 Å². The Morgan fingerprint density at radius 3 is 2.53 bits per heavy atom. The molecule has 0 radical (unpaired) electrons. The molecule has 3 aromatic rings. The molecule has 194 valence electrons. The number of likely N-dealkylation sites (tertiary alicyclic amines) is 1. The van der Waals surface area contributed by atoms with Crippen molar-refractivity contribution in [1.82, 2.24) is 24.8 Å². The molecule has 36 heavy (non-hydrogen) atoms. The second-order valence-corrected chi connectivity index (χ2v) is 10.2. The zero-order valence-corrected chi connectivity index (χ0v) is 21.2. The van der Waals surface area contributed by atoms with E-state index in [0.717, 1.165) is 34.6 Å². The van der Waals surface area contributed by atoms with Crippen LogP contribution in [0.5, 0.6) is 0 Å². The Kier molecular flexibility index (Phi) is 7.65. The lowest BCUT2D eigenvalue weighted by atomic mass is 9.97. The average Bonchev–Trinajstić information content (AvgIpc) is 3.29. The summed E-state index contributed by atoms with van der Waals surface area (Å²) in [5.74, 6) is -1.52. The predicted octanol–water partition coefficient (Wildman–Crippen LogP) is 3.35. The Labute approximate surface area is 210 Å². The second kappa shape index (κ2) is 10.6. The Morgan fingerprint density at radius 2 is 1.89 bits per heavy atom. The van der Waals surface area contributed by atoms with Gasteiger partial charge in [0.25, 0.3) is 5.56 Å². The SMILES string of the molecule is C[C@H](C(=O)NCc1ccccc1)N(C)c1nc2c(=O)n(CC3CCN(C)CC3)c(C(F)(F)F)nc2s1. The summed E-state index contributed by atoms with van der Waals surface area (Å²) in [6.07, 6.45) is -3.36. The van der Waals surface area contributed by atoms with E-state index in [2.05, 4.69) is 20.2 Å². The number of nitrogens with zero attached hydrogens (tertiary/aromatic N) is 5. The number of anilines is 1. The summed E-state index contributed by atoms with van der Waals surface area (Å²) < 4.78 is 42.4. The molecule has 0 aliphatic carbocycles. The normalized spacial score (nSPS) is 16.3. The number of benzene rings is 1. The molecule has 1 aliphatic heterocycles. The number of likely N-dealkylation sites (N-methyl/N-ethyl adjacent to an activating group) is 1. The van der Waals surface area contributed by atoms with E-state index < -0.39 is 23.6 Å². The smallest absolute Gasteiger partial charge is 0.350 e. The first kappa shape index (κ1) is 26.1. The van der Waals surface area contributed by atoms with Gasteiger partial charge in [-0.1, -0.05) is 41.7 Å². The first-order valence-electron chi connectivity index (χ1n) is 11.8. The lowest BCUT2D eigenvalue weighted by molar-refractivity contribution is -0.148. The number of alkyl halides is 3. The van der Waals surface area contributed by atoms with Crippen molar-refractivity contribution >= 4 is 32.7 Å². The van der Waals surface area contributed by atoms with E-state index in [9.17, 15) is 22.8 Å². The van der Waals surface area contributed by atoms with E-state index in [4.69, 9.17) is 0 Å². The summed E-state index contributed by atoms with van der Waals surface area (Å²) in [6.45, 7) is 3.50. The molecule has 1 amide bonds. The predicted molar refractivity (Wildman–Crippen MR) is 133 cm³/mol. The number of hydrogen-bond acceptors (Lipinski definition) is 7. The number of halogens is 3. The van der Waals surface area contributed by atoms with Crippen LogP contribution in [0.3, 0.4) is 0 Å². The van der Waals surface area contributed by atoms with Gasteiger partial charge in [0.05, 0.1) is 0 Å². The molecule has 0 spiro atoms. The highest BCUT2D eigenvalue weighted by Crippen LogP contribution is 2.32. The minimum absolute atomic E-state index is 0.0478. The second-order valence-electron chi connectivity index (χ2n) is 9.24. The van der Waals surface area contributed by atoms with E-state index in [-0.39, 0.29) is 33.8 Å². The zero-order valence-electron chi connectivity index (χ0n) is 20.4. The maximum absolute atomic E-state index is 13.9. The molecule has 12 heteroatoms. The molecule has 1 aliphatic rings. The van der Waals surface area contributed by atoms with Crippen LogP contribution >= 0.6 is 11.3 Å². The number of amides is 1. The van der Waals surface area contributed by atoms with Gasteiger partial charge in [0.2, 0.25) is 11.7 Å². The van der Waals surface area contributed by atoms with Crippen molar-refractivity contribution in [3.05, 3.63) is 52.1 Å². The largest absolute Gasteiger partial charge is 0.449 e. The van der Waals surface area contributed by atoms with E-state index in [1.807, 2.05) is 37.4 Å². The van der Waals surface area contributed by atoms with Gasteiger partial charge in [-0.15, -0.1) is 0 Å². The lowest BCUT2D eigenvalue weighted by Gasteiger charge is -2.29. The van der Waals surface area contributed by atoms with Gasteiger partial charge in [-0.2, -0.15) is 13.2 Å². The number of nitrogens with one attached hydrogen (secondary N) is 1. The van der Waals surface area contributed by atoms with Gasteiger partial charge < -0.3 is 15.1 Å². The number of thiazole rings is 1. The maximum Gasteiger partial charge on any atom is 0.449 e. The van der Waals surface area contributed by atoms with Crippen molar-refractivity contribution in [2.75, 3.05) is 32.1 Å². The van der Waals surface area contributed by atoms with Crippen LogP contribution in [-0.2, 0) is 24.1 Å². The van der Waals surface area contributed by atoms with Gasteiger partial charge in [0, 0.05) is 20.1 Å². The highest BCUT2D eigenvalue weighted by Gasteiger charge is 2.39. The van der Waals surface area contributed by atoms with E-state index in [1.54, 1.807) is 18.9 Å². The Balaban J connectivity index is 1.58. The zero-order chi connectivity index (χ0) is 26.0. The topological polar surface area (TPSA) is 83.4 Å². The van der Waals surface area contributed by atoms with Crippen LogP contribution in [0, 0.1) is 5.92 Å². The number of rotatable bonds is 7. The third-order valence-corrected chi connectivity index (χ3v) is 7.65. The summed E-state index contributed by atoms with van der Waals surface area (Å²) >= 11 is 0.869. The van der Waals surface area contributed by atoms with Crippen molar-refractivity contribution in [2.45, 2.75) is 45.1 Å². The van der Waals surface area contributed by atoms with Gasteiger partial charge >= 0.3 is 6.18 Å². The molecule has 3 heterocycles. The van der Waals surface area contributed by atoms with Crippen LogP contribution < -0.4 is 15.8 Å². The molecular formula is C24H29F3N6O2S. The highest BCUT2D eigenvalue weighted by molar-refractivity contribution is 7.21. The van der Waals surface area contributed by atoms with E-state index in [0.29, 0.717) is 19.4 Å². The quantitative estimate of drug-likeness (QED) is 0.513. The maximum atomic E-state index is 13.9. The first-order chi connectivity index (χ1) is 17.0. The van der Waals surface area contributed by atoms with Gasteiger partial charge in [0.15, 0.2) is 15.5 Å². The Morgan fingerprint density at radius 1 is 1.22 bits per heavy atom. The van der Waals surface area contributed by atoms with Crippen molar-refractivity contribution in [2.24, 2.45) is 5.92 Å². The Bertz CT molecular complexity index is 1270. The van der Waals surface area contributed by atoms with Crippen LogP contribution in [0.15, 0.2) is 35.1 Å². The summed E-state index contributed by atoms with van der Waals surface area (Å²) in [5, 5.41) is 3.10. The average molecular weight is 523 g/mol. The number of fused-ring (bicyclic) bond motifs is 1. The molecule has 0 unspecified atom stereocenters.